The van der Waals surface area contributed by atoms with E-state index in [1.165, 1.54) is 13.2 Å². The van der Waals surface area contributed by atoms with Gasteiger partial charge in [-0.05, 0) is 24.1 Å². The van der Waals surface area contributed by atoms with E-state index in [2.05, 4.69) is 20.1 Å². The molecule has 10 heteroatoms. The molecule has 3 rings (SSSR count). The summed E-state index contributed by atoms with van der Waals surface area (Å²) in [6.07, 6.45) is -3.43. The van der Waals surface area contributed by atoms with Crippen LogP contribution in [-0.2, 0) is 17.5 Å². The minimum absolute atomic E-state index is 0. The number of rotatable bonds is 4. The molecule has 0 spiro atoms. The van der Waals surface area contributed by atoms with Crippen LogP contribution in [0.15, 0.2) is 23.2 Å². The molecular weight excluding hydrogens is 500 g/mol. The zero-order valence-electron chi connectivity index (χ0n) is 16.7. The molecule has 0 amide bonds. The molecule has 0 aromatic heterocycles. The lowest BCUT2D eigenvalue weighted by molar-refractivity contribution is -0.138. The molecule has 6 nitrogen and oxygen atoms in total. The molecule has 2 aliphatic rings. The number of morpholine rings is 1. The Bertz CT molecular complexity index is 697. The summed E-state index contributed by atoms with van der Waals surface area (Å²) in [7, 11) is 3.01. The zero-order valence-corrected chi connectivity index (χ0v) is 19.0. The van der Waals surface area contributed by atoms with Crippen molar-refractivity contribution in [3.63, 3.8) is 0 Å². The summed E-state index contributed by atoms with van der Waals surface area (Å²) in [4.78, 5) is 8.80. The largest absolute Gasteiger partial charge is 0.497 e. The van der Waals surface area contributed by atoms with Crippen molar-refractivity contribution in [2.45, 2.75) is 25.2 Å². The van der Waals surface area contributed by atoms with Gasteiger partial charge in [-0.15, -0.1) is 24.0 Å². The lowest BCUT2D eigenvalue weighted by Gasteiger charge is -2.32. The van der Waals surface area contributed by atoms with Crippen molar-refractivity contribution in [2.24, 2.45) is 4.99 Å². The van der Waals surface area contributed by atoms with Gasteiger partial charge in [0.05, 0.1) is 25.9 Å². The standard InChI is InChI=1S/C19H27F3N4O2.HI/c1-23-18(26-6-5-15(13-26)25-7-9-28-10-8-25)24-12-14-3-4-16(27-2)11-17(14)19(20,21)22;/h3-4,11,15H,5-10,12-13H2,1-2H3,(H,23,24);1H. The first-order valence-corrected chi connectivity index (χ1v) is 9.44. The van der Waals surface area contributed by atoms with Gasteiger partial charge in [-0.2, -0.15) is 13.2 Å². The van der Waals surface area contributed by atoms with E-state index in [9.17, 15) is 13.2 Å². The van der Waals surface area contributed by atoms with Crippen LogP contribution >= 0.6 is 24.0 Å². The Hall–Kier alpha value is -1.27. The summed E-state index contributed by atoms with van der Waals surface area (Å²) in [6, 6.07) is 4.44. The Labute approximate surface area is 186 Å². The van der Waals surface area contributed by atoms with Crippen molar-refractivity contribution in [3.8, 4) is 5.75 Å². The van der Waals surface area contributed by atoms with Gasteiger partial charge in [-0.25, -0.2) is 0 Å². The summed E-state index contributed by atoms with van der Waals surface area (Å²) >= 11 is 0. The van der Waals surface area contributed by atoms with Gasteiger partial charge in [0.15, 0.2) is 5.96 Å². The topological polar surface area (TPSA) is 49.3 Å². The van der Waals surface area contributed by atoms with Gasteiger partial charge in [-0.1, -0.05) is 6.07 Å². The monoisotopic (exact) mass is 528 g/mol. The number of nitrogens with zero attached hydrogens (tertiary/aromatic N) is 3. The number of likely N-dealkylation sites (tertiary alicyclic amines) is 1. The third-order valence-electron chi connectivity index (χ3n) is 5.30. The van der Waals surface area contributed by atoms with Crippen molar-refractivity contribution < 1.29 is 22.6 Å². The fourth-order valence-corrected chi connectivity index (χ4v) is 3.78. The smallest absolute Gasteiger partial charge is 0.416 e. The second-order valence-electron chi connectivity index (χ2n) is 6.96. The number of methoxy groups -OCH3 is 1. The Morgan fingerprint density at radius 2 is 2.00 bits per heavy atom. The van der Waals surface area contributed by atoms with Crippen LogP contribution in [-0.4, -0.2) is 75.4 Å². The third kappa shape index (κ3) is 6.11. The molecule has 29 heavy (non-hydrogen) atoms. The maximum absolute atomic E-state index is 13.4. The van der Waals surface area contributed by atoms with Gasteiger partial charge in [-0.3, -0.25) is 9.89 Å². The van der Waals surface area contributed by atoms with Crippen LogP contribution in [0.4, 0.5) is 13.2 Å². The average molecular weight is 528 g/mol. The fraction of sp³-hybridized carbons (Fsp3) is 0.632. The van der Waals surface area contributed by atoms with Crippen LogP contribution in [0, 0.1) is 0 Å². The minimum atomic E-state index is -4.44. The van der Waals surface area contributed by atoms with Crippen LogP contribution in [0.3, 0.4) is 0 Å². The number of benzene rings is 1. The summed E-state index contributed by atoms with van der Waals surface area (Å²) < 4.78 is 50.5. The first kappa shape index (κ1) is 24.0. The molecule has 0 radical (unpaired) electrons. The highest BCUT2D eigenvalue weighted by molar-refractivity contribution is 14.0. The van der Waals surface area contributed by atoms with E-state index < -0.39 is 11.7 Å². The van der Waals surface area contributed by atoms with Crippen molar-refractivity contribution in [3.05, 3.63) is 29.3 Å². The molecule has 164 valence electrons. The predicted octanol–water partition coefficient (Wildman–Crippen LogP) is 2.81. The van der Waals surface area contributed by atoms with Crippen molar-refractivity contribution in [1.29, 1.82) is 0 Å². The number of aliphatic imine (C=N–C) groups is 1. The second kappa shape index (κ2) is 10.7. The highest BCUT2D eigenvalue weighted by Crippen LogP contribution is 2.34. The fourth-order valence-electron chi connectivity index (χ4n) is 3.78. The number of ether oxygens (including phenoxy) is 2. The van der Waals surface area contributed by atoms with Gasteiger partial charge < -0.3 is 19.7 Å². The van der Waals surface area contributed by atoms with Crippen molar-refractivity contribution >= 4 is 29.9 Å². The highest BCUT2D eigenvalue weighted by atomic mass is 127. The first-order valence-electron chi connectivity index (χ1n) is 9.44. The van der Waals surface area contributed by atoms with Gasteiger partial charge in [0.2, 0.25) is 0 Å². The maximum Gasteiger partial charge on any atom is 0.416 e. The van der Waals surface area contributed by atoms with Crippen LogP contribution in [0.5, 0.6) is 5.75 Å². The Morgan fingerprint density at radius 3 is 2.62 bits per heavy atom. The lowest BCUT2D eigenvalue weighted by atomic mass is 10.1. The number of halogens is 4. The number of nitrogens with one attached hydrogen (secondary N) is 1. The Morgan fingerprint density at radius 1 is 1.28 bits per heavy atom. The molecule has 0 aliphatic carbocycles. The van der Waals surface area contributed by atoms with E-state index in [0.29, 0.717) is 12.0 Å². The molecule has 1 N–H and O–H groups in total. The van der Waals surface area contributed by atoms with Crippen molar-refractivity contribution in [1.82, 2.24) is 15.1 Å². The van der Waals surface area contributed by atoms with Crippen LogP contribution < -0.4 is 10.1 Å². The molecular formula is C19H28F3IN4O2. The summed E-state index contributed by atoms with van der Waals surface area (Å²) in [5.41, 5.74) is -0.527. The number of guanidine groups is 1. The van der Waals surface area contributed by atoms with E-state index in [-0.39, 0.29) is 41.8 Å². The third-order valence-corrected chi connectivity index (χ3v) is 5.30. The van der Waals surface area contributed by atoms with Gasteiger partial charge >= 0.3 is 6.18 Å². The van der Waals surface area contributed by atoms with E-state index in [1.807, 2.05) is 0 Å². The molecule has 1 aromatic carbocycles. The molecule has 0 bridgehead atoms. The first-order chi connectivity index (χ1) is 13.4. The predicted molar refractivity (Wildman–Crippen MR) is 116 cm³/mol. The van der Waals surface area contributed by atoms with E-state index in [0.717, 1.165) is 51.9 Å². The molecule has 2 aliphatic heterocycles. The van der Waals surface area contributed by atoms with E-state index in [1.54, 1.807) is 13.1 Å². The minimum Gasteiger partial charge on any atom is -0.497 e. The van der Waals surface area contributed by atoms with Crippen LogP contribution in [0.1, 0.15) is 17.5 Å². The highest BCUT2D eigenvalue weighted by Gasteiger charge is 2.34. The molecule has 2 saturated heterocycles. The maximum atomic E-state index is 13.4. The van der Waals surface area contributed by atoms with Crippen molar-refractivity contribution in [2.75, 3.05) is 53.6 Å². The molecule has 2 fully saturated rings. The molecule has 1 aromatic rings. The average Bonchev–Trinajstić information content (AvgIpc) is 3.18. The number of hydrogen-bond donors (Lipinski definition) is 1. The number of alkyl halides is 3. The van der Waals surface area contributed by atoms with Gasteiger partial charge in [0, 0.05) is 45.8 Å². The molecule has 0 saturated carbocycles. The molecule has 2 heterocycles. The van der Waals surface area contributed by atoms with Crippen LogP contribution in [0.25, 0.3) is 0 Å². The van der Waals surface area contributed by atoms with Gasteiger partial charge in [0.1, 0.15) is 5.75 Å². The van der Waals surface area contributed by atoms with Gasteiger partial charge in [0.25, 0.3) is 0 Å². The summed E-state index contributed by atoms with van der Waals surface area (Å²) in [5.74, 6) is 0.813. The zero-order chi connectivity index (χ0) is 20.1. The number of hydrogen-bond acceptors (Lipinski definition) is 4. The van der Waals surface area contributed by atoms with Crippen LogP contribution in [0.2, 0.25) is 0 Å². The molecule has 1 atom stereocenters. The van der Waals surface area contributed by atoms with E-state index in [4.69, 9.17) is 9.47 Å². The summed E-state index contributed by atoms with van der Waals surface area (Å²) in [6.45, 7) is 5.04. The summed E-state index contributed by atoms with van der Waals surface area (Å²) in [5, 5.41) is 3.09. The Kier molecular flexibility index (Phi) is 8.83. The quantitative estimate of drug-likeness (QED) is 0.370. The Balaban J connectivity index is 0.00000300. The van der Waals surface area contributed by atoms with E-state index >= 15 is 0 Å². The molecule has 1 unspecified atom stereocenters. The lowest BCUT2D eigenvalue weighted by Crippen LogP contribution is -2.46. The SMILES string of the molecule is CN=C(NCc1ccc(OC)cc1C(F)(F)F)N1CCC(N2CCOCC2)C1.I. The normalized spacial score (nSPS) is 21.1. The second-order valence-corrected chi connectivity index (χ2v) is 6.96.